The zero-order chi connectivity index (χ0) is 17.1. The molecule has 0 atom stereocenters. The summed E-state index contributed by atoms with van der Waals surface area (Å²) in [7, 11) is 1.51. The molecule has 0 aliphatic carbocycles. The van der Waals surface area contributed by atoms with Gasteiger partial charge in [-0.3, -0.25) is 9.59 Å². The Balaban J connectivity index is 1.92. The molecule has 1 aliphatic rings. The van der Waals surface area contributed by atoms with Crippen LogP contribution in [0.5, 0.6) is 5.75 Å². The smallest absolute Gasteiger partial charge is 0.298 e. The van der Waals surface area contributed by atoms with Crippen molar-refractivity contribution in [2.45, 2.75) is 4.90 Å². The lowest BCUT2D eigenvalue weighted by atomic mass is 10.2. The fourth-order valence-electron chi connectivity index (χ4n) is 2.34. The molecule has 2 aromatic rings. The number of rotatable bonds is 4. The fourth-order valence-corrected chi connectivity index (χ4v) is 3.58. The first-order chi connectivity index (χ1) is 11.6. The van der Waals surface area contributed by atoms with Crippen molar-refractivity contribution < 1.29 is 14.3 Å². The number of anilines is 1. The molecule has 3 rings (SSSR count). The Bertz CT molecular complexity index is 815. The van der Waals surface area contributed by atoms with E-state index in [1.807, 2.05) is 30.5 Å². The van der Waals surface area contributed by atoms with Gasteiger partial charge < -0.3 is 4.74 Å². The highest BCUT2D eigenvalue weighted by atomic mass is 32.2. The zero-order valence-electron chi connectivity index (χ0n) is 13.2. The second-order valence-corrected chi connectivity index (χ2v) is 6.83. The molecule has 0 N–H and O–H groups in total. The van der Waals surface area contributed by atoms with Gasteiger partial charge in [-0.05, 0) is 53.9 Å². The minimum Gasteiger partial charge on any atom is -0.495 e. The first kappa shape index (κ1) is 16.7. The molecular formula is C18H15NO3S2. The number of carbonyl (C=O) groups excluding carboxylic acids is 2. The monoisotopic (exact) mass is 357 g/mol. The summed E-state index contributed by atoms with van der Waals surface area (Å²) in [6, 6.07) is 14.8. The number of hydrogen-bond donors (Lipinski definition) is 0. The third-order valence-electron chi connectivity index (χ3n) is 3.53. The molecule has 0 saturated carbocycles. The van der Waals surface area contributed by atoms with Crippen LogP contribution >= 0.6 is 23.5 Å². The maximum absolute atomic E-state index is 12.7. The summed E-state index contributed by atoms with van der Waals surface area (Å²) in [6.07, 6.45) is 3.75. The summed E-state index contributed by atoms with van der Waals surface area (Å²) in [5.74, 6) is 0.161. The lowest BCUT2D eigenvalue weighted by Crippen LogP contribution is -2.28. The van der Waals surface area contributed by atoms with Gasteiger partial charge >= 0.3 is 0 Å². The molecule has 6 heteroatoms. The average Bonchev–Trinajstić information content (AvgIpc) is 2.89. The molecule has 1 heterocycles. The van der Waals surface area contributed by atoms with Crippen LogP contribution in [0.25, 0.3) is 6.08 Å². The quantitative estimate of drug-likeness (QED) is 0.588. The number of carbonyl (C=O) groups is 2. The predicted molar refractivity (Wildman–Crippen MR) is 99.7 cm³/mol. The Labute approximate surface area is 148 Å². The average molecular weight is 357 g/mol. The minimum atomic E-state index is -0.330. The number of imide groups is 1. The lowest BCUT2D eigenvalue weighted by molar-refractivity contribution is -0.113. The highest BCUT2D eigenvalue weighted by molar-refractivity contribution is 8.19. The third kappa shape index (κ3) is 3.20. The van der Waals surface area contributed by atoms with Gasteiger partial charge in [0, 0.05) is 4.90 Å². The van der Waals surface area contributed by atoms with Crippen molar-refractivity contribution in [1.82, 2.24) is 0 Å². The van der Waals surface area contributed by atoms with E-state index in [1.54, 1.807) is 42.1 Å². The van der Waals surface area contributed by atoms with Gasteiger partial charge in [-0.1, -0.05) is 24.3 Å². The zero-order valence-corrected chi connectivity index (χ0v) is 14.8. The van der Waals surface area contributed by atoms with Gasteiger partial charge in [0.05, 0.1) is 17.7 Å². The van der Waals surface area contributed by atoms with Crippen molar-refractivity contribution in [3.63, 3.8) is 0 Å². The van der Waals surface area contributed by atoms with Gasteiger partial charge in [-0.25, -0.2) is 4.90 Å². The molecule has 122 valence electrons. The summed E-state index contributed by atoms with van der Waals surface area (Å²) in [4.78, 5) is 27.7. The second-order valence-electron chi connectivity index (χ2n) is 4.96. The van der Waals surface area contributed by atoms with Crippen molar-refractivity contribution >= 4 is 46.4 Å². The summed E-state index contributed by atoms with van der Waals surface area (Å²) >= 11 is 2.59. The molecule has 1 aliphatic heterocycles. The lowest BCUT2D eigenvalue weighted by Gasteiger charge is -2.15. The summed E-state index contributed by atoms with van der Waals surface area (Å²) in [5.41, 5.74) is 1.35. The summed E-state index contributed by atoms with van der Waals surface area (Å²) < 4.78 is 5.26. The molecule has 0 spiro atoms. The van der Waals surface area contributed by atoms with Crippen LogP contribution in [0.15, 0.2) is 58.3 Å². The SMILES string of the molecule is COc1ccccc1N1C(=O)S/C(=C\c2ccc(SC)cc2)C1=O. The van der Waals surface area contributed by atoms with E-state index in [0.717, 1.165) is 27.1 Å². The van der Waals surface area contributed by atoms with Gasteiger partial charge in [-0.2, -0.15) is 0 Å². The number of methoxy groups -OCH3 is 1. The molecule has 0 bridgehead atoms. The normalized spacial score (nSPS) is 16.1. The minimum absolute atomic E-state index is 0.323. The first-order valence-electron chi connectivity index (χ1n) is 7.19. The van der Waals surface area contributed by atoms with Crippen LogP contribution in [-0.2, 0) is 4.79 Å². The third-order valence-corrected chi connectivity index (χ3v) is 5.15. The molecule has 4 nitrogen and oxygen atoms in total. The number of nitrogens with zero attached hydrogens (tertiary/aromatic N) is 1. The summed E-state index contributed by atoms with van der Waals surface area (Å²) in [5, 5.41) is -0.323. The Morgan fingerprint density at radius 1 is 1.08 bits per heavy atom. The molecule has 0 unspecified atom stereocenters. The van der Waals surface area contributed by atoms with Crippen LogP contribution in [0.2, 0.25) is 0 Å². The van der Waals surface area contributed by atoms with Crippen molar-refractivity contribution in [1.29, 1.82) is 0 Å². The highest BCUT2D eigenvalue weighted by Gasteiger charge is 2.37. The number of thioether (sulfide) groups is 2. The Kier molecular flexibility index (Phi) is 4.97. The van der Waals surface area contributed by atoms with Crippen molar-refractivity contribution in [2.75, 3.05) is 18.3 Å². The Hall–Kier alpha value is -2.18. The van der Waals surface area contributed by atoms with Crippen molar-refractivity contribution in [2.24, 2.45) is 0 Å². The van der Waals surface area contributed by atoms with E-state index in [4.69, 9.17) is 4.74 Å². The van der Waals surface area contributed by atoms with Crippen LogP contribution in [0.4, 0.5) is 10.5 Å². The van der Waals surface area contributed by atoms with Gasteiger partial charge in [0.15, 0.2) is 0 Å². The second kappa shape index (κ2) is 7.15. The van der Waals surface area contributed by atoms with Crippen LogP contribution in [0.1, 0.15) is 5.56 Å². The molecule has 0 aromatic heterocycles. The van der Waals surface area contributed by atoms with Gasteiger partial charge in [0.1, 0.15) is 5.75 Å². The molecule has 2 amide bonds. The first-order valence-corrected chi connectivity index (χ1v) is 9.23. The number of benzene rings is 2. The van der Waals surface area contributed by atoms with E-state index in [-0.39, 0.29) is 11.1 Å². The van der Waals surface area contributed by atoms with E-state index in [0.29, 0.717) is 16.3 Å². The van der Waals surface area contributed by atoms with E-state index >= 15 is 0 Å². The number of amides is 2. The van der Waals surface area contributed by atoms with Crippen molar-refractivity contribution in [3.05, 3.63) is 59.0 Å². The molecule has 24 heavy (non-hydrogen) atoms. The topological polar surface area (TPSA) is 46.6 Å². The number of ether oxygens (including phenoxy) is 1. The van der Waals surface area contributed by atoms with Gasteiger partial charge in [0.2, 0.25) is 0 Å². The molecule has 2 aromatic carbocycles. The van der Waals surface area contributed by atoms with E-state index in [1.165, 1.54) is 7.11 Å². The maximum Gasteiger partial charge on any atom is 0.298 e. The maximum atomic E-state index is 12.7. The van der Waals surface area contributed by atoms with E-state index < -0.39 is 0 Å². The standard InChI is InChI=1S/C18H15NO3S2/c1-22-15-6-4-3-5-14(15)19-17(20)16(24-18(19)21)11-12-7-9-13(23-2)10-8-12/h3-11H,1-2H3/b16-11-. The van der Waals surface area contributed by atoms with Crippen LogP contribution in [-0.4, -0.2) is 24.5 Å². The Morgan fingerprint density at radius 3 is 2.46 bits per heavy atom. The van der Waals surface area contributed by atoms with Crippen LogP contribution < -0.4 is 9.64 Å². The van der Waals surface area contributed by atoms with Crippen LogP contribution in [0, 0.1) is 0 Å². The van der Waals surface area contributed by atoms with Gasteiger partial charge in [-0.15, -0.1) is 11.8 Å². The number of para-hydroxylation sites is 2. The predicted octanol–water partition coefficient (Wildman–Crippen LogP) is 4.66. The van der Waals surface area contributed by atoms with E-state index in [9.17, 15) is 9.59 Å². The number of hydrogen-bond acceptors (Lipinski definition) is 5. The van der Waals surface area contributed by atoms with E-state index in [2.05, 4.69) is 0 Å². The molecule has 1 saturated heterocycles. The van der Waals surface area contributed by atoms with Crippen molar-refractivity contribution in [3.8, 4) is 5.75 Å². The van der Waals surface area contributed by atoms with Crippen LogP contribution in [0.3, 0.4) is 0 Å². The summed E-state index contributed by atoms with van der Waals surface area (Å²) in [6.45, 7) is 0. The largest absolute Gasteiger partial charge is 0.495 e. The van der Waals surface area contributed by atoms with Gasteiger partial charge in [0.25, 0.3) is 11.1 Å². The fraction of sp³-hybridized carbons (Fsp3) is 0.111. The highest BCUT2D eigenvalue weighted by Crippen LogP contribution is 2.39. The molecular weight excluding hydrogens is 342 g/mol. The Morgan fingerprint density at radius 2 is 1.79 bits per heavy atom. The molecule has 0 radical (unpaired) electrons. The molecule has 1 fully saturated rings.